The fourth-order valence-corrected chi connectivity index (χ4v) is 2.68. The monoisotopic (exact) mass is 309 g/mol. The fourth-order valence-electron chi connectivity index (χ4n) is 2.11. The Balaban J connectivity index is 2.48. The first kappa shape index (κ1) is 15.0. The van der Waals surface area contributed by atoms with Gasteiger partial charge in [0.25, 0.3) is 0 Å². The molecule has 2 aromatic rings. The summed E-state index contributed by atoms with van der Waals surface area (Å²) in [6.07, 6.45) is 3.56. The Morgan fingerprint density at radius 3 is 2.65 bits per heavy atom. The van der Waals surface area contributed by atoms with Crippen molar-refractivity contribution in [3.8, 4) is 0 Å². The molecule has 1 aromatic carbocycles. The summed E-state index contributed by atoms with van der Waals surface area (Å²) < 4.78 is 0. The summed E-state index contributed by atoms with van der Waals surface area (Å²) in [5, 5.41) is 11.6. The van der Waals surface area contributed by atoms with Crippen LogP contribution in [0, 0.1) is 0 Å². The maximum atomic E-state index is 11.5. The van der Waals surface area contributed by atoms with E-state index in [1.54, 1.807) is 43.5 Å². The van der Waals surface area contributed by atoms with Gasteiger partial charge in [-0.2, -0.15) is 0 Å². The van der Waals surface area contributed by atoms with Crippen molar-refractivity contribution in [2.24, 2.45) is 0 Å². The topological polar surface area (TPSA) is 50.2 Å². The SMILES string of the molecule is CC(c1ccc(Cl)cc1Cl)C(O)(C=O)c1cccnc1. The second kappa shape index (κ2) is 5.92. The Morgan fingerprint density at radius 2 is 2.10 bits per heavy atom. The zero-order valence-electron chi connectivity index (χ0n) is 10.8. The lowest BCUT2D eigenvalue weighted by Gasteiger charge is -2.30. The van der Waals surface area contributed by atoms with E-state index < -0.39 is 11.5 Å². The quantitative estimate of drug-likeness (QED) is 0.878. The van der Waals surface area contributed by atoms with Crippen LogP contribution in [0.2, 0.25) is 10.0 Å². The molecular formula is C15H13Cl2NO2. The first-order valence-corrected chi connectivity index (χ1v) is 6.79. The minimum Gasteiger partial charge on any atom is -0.377 e. The molecule has 1 heterocycles. The predicted molar refractivity (Wildman–Crippen MR) is 79.1 cm³/mol. The van der Waals surface area contributed by atoms with Crippen molar-refractivity contribution >= 4 is 29.5 Å². The van der Waals surface area contributed by atoms with E-state index in [9.17, 15) is 9.90 Å². The van der Waals surface area contributed by atoms with Crippen molar-refractivity contribution in [3.63, 3.8) is 0 Å². The van der Waals surface area contributed by atoms with Gasteiger partial charge in [-0.3, -0.25) is 9.78 Å². The molecule has 20 heavy (non-hydrogen) atoms. The molecule has 0 saturated heterocycles. The van der Waals surface area contributed by atoms with Gasteiger partial charge in [0.1, 0.15) is 0 Å². The zero-order chi connectivity index (χ0) is 14.8. The highest BCUT2D eigenvalue weighted by atomic mass is 35.5. The smallest absolute Gasteiger partial charge is 0.156 e. The number of aldehydes is 1. The van der Waals surface area contributed by atoms with Crippen molar-refractivity contribution in [3.05, 3.63) is 63.9 Å². The van der Waals surface area contributed by atoms with Crippen molar-refractivity contribution in [2.45, 2.75) is 18.4 Å². The average Bonchev–Trinajstić information content (AvgIpc) is 2.46. The number of hydrogen-bond acceptors (Lipinski definition) is 3. The third-order valence-electron chi connectivity index (χ3n) is 3.39. The second-order valence-electron chi connectivity index (χ2n) is 4.57. The van der Waals surface area contributed by atoms with Gasteiger partial charge in [0.15, 0.2) is 11.9 Å². The van der Waals surface area contributed by atoms with Gasteiger partial charge < -0.3 is 5.11 Å². The van der Waals surface area contributed by atoms with Crippen LogP contribution in [0.5, 0.6) is 0 Å². The van der Waals surface area contributed by atoms with Crippen molar-refractivity contribution in [2.75, 3.05) is 0 Å². The number of carbonyl (C=O) groups excluding carboxylic acids is 1. The summed E-state index contributed by atoms with van der Waals surface area (Å²) in [5.74, 6) is -0.533. The largest absolute Gasteiger partial charge is 0.377 e. The normalized spacial score (nSPS) is 15.4. The highest BCUT2D eigenvalue weighted by Crippen LogP contribution is 2.38. The Bertz CT molecular complexity index is 619. The minimum absolute atomic E-state index is 0.411. The lowest BCUT2D eigenvalue weighted by molar-refractivity contribution is -0.127. The molecule has 0 radical (unpaired) electrons. The molecule has 5 heteroatoms. The Labute approximate surface area is 127 Å². The number of aliphatic hydroxyl groups is 1. The average molecular weight is 310 g/mol. The number of hydrogen-bond donors (Lipinski definition) is 1. The molecule has 0 amide bonds. The Morgan fingerprint density at radius 1 is 1.35 bits per heavy atom. The first-order valence-electron chi connectivity index (χ1n) is 6.03. The van der Waals surface area contributed by atoms with Gasteiger partial charge in [-0.05, 0) is 23.8 Å². The standard InChI is InChI=1S/C15H13Cl2NO2/c1-10(13-5-4-12(16)7-14(13)17)15(20,9-19)11-3-2-6-18-8-11/h2-10,20H,1H3. The van der Waals surface area contributed by atoms with E-state index in [-0.39, 0.29) is 0 Å². The highest BCUT2D eigenvalue weighted by Gasteiger charge is 2.37. The van der Waals surface area contributed by atoms with Gasteiger partial charge in [0.2, 0.25) is 0 Å². The van der Waals surface area contributed by atoms with Crippen LogP contribution in [-0.4, -0.2) is 16.4 Å². The summed E-state index contributed by atoms with van der Waals surface area (Å²) >= 11 is 12.0. The van der Waals surface area contributed by atoms with Crippen LogP contribution in [0.15, 0.2) is 42.7 Å². The summed E-state index contributed by atoms with van der Waals surface area (Å²) in [6.45, 7) is 1.73. The predicted octanol–water partition coefficient (Wildman–Crippen LogP) is 3.58. The number of nitrogens with zero attached hydrogens (tertiary/aromatic N) is 1. The Kier molecular flexibility index (Phi) is 4.43. The number of rotatable bonds is 4. The van der Waals surface area contributed by atoms with E-state index in [1.807, 2.05) is 0 Å². The van der Waals surface area contributed by atoms with E-state index in [2.05, 4.69) is 4.98 Å². The number of aromatic nitrogens is 1. The van der Waals surface area contributed by atoms with E-state index >= 15 is 0 Å². The molecule has 3 nitrogen and oxygen atoms in total. The molecule has 104 valence electrons. The lowest BCUT2D eigenvalue weighted by Crippen LogP contribution is -2.34. The van der Waals surface area contributed by atoms with E-state index in [0.29, 0.717) is 27.5 Å². The number of pyridine rings is 1. The molecule has 0 aliphatic heterocycles. The van der Waals surface area contributed by atoms with Crippen molar-refractivity contribution in [1.29, 1.82) is 0 Å². The molecule has 0 spiro atoms. The molecular weight excluding hydrogens is 297 g/mol. The fraction of sp³-hybridized carbons (Fsp3) is 0.200. The van der Waals surface area contributed by atoms with E-state index in [1.165, 1.54) is 6.20 Å². The molecule has 2 rings (SSSR count). The number of carbonyl (C=O) groups is 1. The van der Waals surface area contributed by atoms with Crippen LogP contribution in [0.1, 0.15) is 24.0 Å². The van der Waals surface area contributed by atoms with Gasteiger partial charge in [0.05, 0.1) is 0 Å². The van der Waals surface area contributed by atoms with Gasteiger partial charge in [-0.1, -0.05) is 42.3 Å². The molecule has 2 unspecified atom stereocenters. The van der Waals surface area contributed by atoms with Crippen LogP contribution in [0.25, 0.3) is 0 Å². The summed E-state index contributed by atoms with van der Waals surface area (Å²) in [5.41, 5.74) is -0.617. The van der Waals surface area contributed by atoms with Crippen LogP contribution in [-0.2, 0) is 10.4 Å². The highest BCUT2D eigenvalue weighted by molar-refractivity contribution is 6.35. The molecule has 0 aliphatic carbocycles. The lowest BCUT2D eigenvalue weighted by atomic mass is 9.80. The van der Waals surface area contributed by atoms with Gasteiger partial charge >= 0.3 is 0 Å². The molecule has 0 aliphatic rings. The Hall–Kier alpha value is -1.42. The van der Waals surface area contributed by atoms with Crippen LogP contribution < -0.4 is 0 Å². The maximum absolute atomic E-state index is 11.5. The molecule has 0 saturated carbocycles. The third-order valence-corrected chi connectivity index (χ3v) is 3.96. The maximum Gasteiger partial charge on any atom is 0.156 e. The molecule has 1 N–H and O–H groups in total. The minimum atomic E-state index is -1.69. The molecule has 2 atom stereocenters. The van der Waals surface area contributed by atoms with Crippen LogP contribution in [0.4, 0.5) is 0 Å². The number of benzene rings is 1. The van der Waals surface area contributed by atoms with Gasteiger partial charge in [-0.25, -0.2) is 0 Å². The third kappa shape index (κ3) is 2.70. The zero-order valence-corrected chi connectivity index (χ0v) is 12.3. The van der Waals surface area contributed by atoms with E-state index in [4.69, 9.17) is 23.2 Å². The molecule has 0 fully saturated rings. The van der Waals surface area contributed by atoms with Crippen molar-refractivity contribution < 1.29 is 9.90 Å². The van der Waals surface area contributed by atoms with E-state index in [0.717, 1.165) is 0 Å². The summed E-state index contributed by atoms with van der Waals surface area (Å²) in [6, 6.07) is 8.29. The van der Waals surface area contributed by atoms with Crippen molar-refractivity contribution in [1.82, 2.24) is 4.98 Å². The second-order valence-corrected chi connectivity index (χ2v) is 5.42. The van der Waals surface area contributed by atoms with Crippen LogP contribution in [0.3, 0.4) is 0 Å². The summed E-state index contributed by atoms with van der Waals surface area (Å²) in [7, 11) is 0. The van der Waals surface area contributed by atoms with Gasteiger partial charge in [0, 0.05) is 33.9 Å². The molecule has 1 aromatic heterocycles. The van der Waals surface area contributed by atoms with Gasteiger partial charge in [-0.15, -0.1) is 0 Å². The van der Waals surface area contributed by atoms with Crippen LogP contribution >= 0.6 is 23.2 Å². The number of halogens is 2. The molecule has 0 bridgehead atoms. The first-order chi connectivity index (χ1) is 9.49. The summed E-state index contributed by atoms with van der Waals surface area (Å²) in [4.78, 5) is 15.4.